The van der Waals surface area contributed by atoms with Crippen LogP contribution in [0.25, 0.3) is 0 Å². The molecule has 0 bridgehead atoms. The Morgan fingerprint density at radius 3 is 1.21 bits per heavy atom. The van der Waals surface area contributed by atoms with Crippen molar-refractivity contribution in [2.45, 2.75) is 136 Å². The van der Waals surface area contributed by atoms with Crippen molar-refractivity contribution in [2.75, 3.05) is 0 Å². The Morgan fingerprint density at radius 2 is 0.939 bits per heavy atom. The molecular weight excluding hydrogens is 519 g/mol. The van der Waals surface area contributed by atoms with Gasteiger partial charge in [-0.2, -0.15) is 0 Å². The van der Waals surface area contributed by atoms with Gasteiger partial charge in [0.05, 0.1) is 0 Å². The molecule has 5 heteroatoms. The van der Waals surface area contributed by atoms with E-state index in [0.29, 0.717) is 12.2 Å². The first kappa shape index (κ1) is 34.6. The van der Waals surface area contributed by atoms with Gasteiger partial charge in [0.15, 0.2) is 0 Å². The van der Waals surface area contributed by atoms with Crippen LogP contribution in [0.5, 0.6) is 0 Å². The van der Waals surface area contributed by atoms with E-state index in [1.54, 1.807) is 30.6 Å². The van der Waals surface area contributed by atoms with Gasteiger partial charge >= 0.3 is 178 Å². The fourth-order valence-electron chi connectivity index (χ4n) is 4.45. The zero-order valence-corrected chi connectivity index (χ0v) is 25.7. The largest absolute Gasteiger partial charge is 0.478 e. The van der Waals surface area contributed by atoms with Gasteiger partial charge in [0, 0.05) is 12.2 Å². The fourth-order valence-corrected chi connectivity index (χ4v) is 20.7. The molecule has 0 amide bonds. The number of hydrogen-bond acceptors (Lipinski definition) is 2. The molecule has 0 fully saturated rings. The molecule has 0 spiro atoms. The molecule has 0 aromatic heterocycles. The molecule has 4 nitrogen and oxygen atoms in total. The second kappa shape index (κ2) is 23.2. The number of hydrogen-bond donors (Lipinski definition) is 2. The predicted molar refractivity (Wildman–Crippen MR) is 146 cm³/mol. The Labute approximate surface area is 209 Å². The first-order chi connectivity index (χ1) is 15.6. The van der Waals surface area contributed by atoms with Crippen LogP contribution in [-0.2, 0) is 9.59 Å². The molecule has 0 atom stereocenters. The SMILES string of the molecule is CCC[CH2][Sn]([CH2]CCC)([CH2]CCCCC(C)C)[CH2]CCCCC(C)C.O=C(O)/C=C\C(=O)O. The zero-order chi connectivity index (χ0) is 25.5. The second-order valence-corrected chi connectivity index (χ2v) is 25.0. The van der Waals surface area contributed by atoms with Gasteiger partial charge in [-0.05, 0) is 0 Å². The van der Waals surface area contributed by atoms with E-state index < -0.39 is 30.3 Å². The van der Waals surface area contributed by atoms with E-state index in [1.807, 2.05) is 0 Å². The van der Waals surface area contributed by atoms with Crippen LogP contribution in [0.2, 0.25) is 17.7 Å². The summed E-state index contributed by atoms with van der Waals surface area (Å²) < 4.78 is 6.85. The molecule has 0 radical (unpaired) electrons. The Balaban J connectivity index is 0. The van der Waals surface area contributed by atoms with Crippen LogP contribution in [0.3, 0.4) is 0 Å². The second-order valence-electron chi connectivity index (χ2n) is 10.7. The summed E-state index contributed by atoms with van der Waals surface area (Å²) >= 11 is -1.85. The predicted octanol–water partition coefficient (Wildman–Crippen LogP) is 9.18. The van der Waals surface area contributed by atoms with Gasteiger partial charge in [-0.25, -0.2) is 9.59 Å². The third-order valence-corrected chi connectivity index (χ3v) is 22.6. The van der Waals surface area contributed by atoms with E-state index >= 15 is 0 Å². The van der Waals surface area contributed by atoms with Crippen LogP contribution < -0.4 is 0 Å². The summed E-state index contributed by atoms with van der Waals surface area (Å²) in [7, 11) is 0. The number of rotatable bonds is 20. The monoisotopic (exact) mass is 576 g/mol. The van der Waals surface area contributed by atoms with Crippen molar-refractivity contribution in [2.24, 2.45) is 11.8 Å². The van der Waals surface area contributed by atoms with Gasteiger partial charge in [-0.3, -0.25) is 0 Å². The number of carboxylic acids is 2. The molecule has 0 saturated carbocycles. The summed E-state index contributed by atoms with van der Waals surface area (Å²) in [4.78, 5) is 19.1. The maximum atomic E-state index is 9.55. The first-order valence-corrected chi connectivity index (χ1v) is 21.8. The number of unbranched alkanes of at least 4 members (excludes halogenated alkanes) is 6. The summed E-state index contributed by atoms with van der Waals surface area (Å²) in [6, 6.07) is 0. The summed E-state index contributed by atoms with van der Waals surface area (Å²) in [5, 5.41) is 15.6. The van der Waals surface area contributed by atoms with E-state index in [4.69, 9.17) is 10.2 Å². The molecule has 0 rings (SSSR count). The van der Waals surface area contributed by atoms with E-state index in [0.717, 1.165) is 11.8 Å². The number of carboxylic acid groups (broad SMARTS) is 2. The summed E-state index contributed by atoms with van der Waals surface area (Å²) in [6.07, 6.45) is 19.1. The van der Waals surface area contributed by atoms with Crippen molar-refractivity contribution in [1.29, 1.82) is 0 Å². The molecule has 0 aromatic rings. The molecule has 2 N–H and O–H groups in total. The molecule has 196 valence electrons. The molecule has 0 unspecified atom stereocenters. The Morgan fingerprint density at radius 1 is 0.606 bits per heavy atom. The van der Waals surface area contributed by atoms with Gasteiger partial charge in [0.1, 0.15) is 0 Å². The normalized spacial score (nSPS) is 11.8. The Kier molecular flexibility index (Phi) is 24.4. The standard InChI is InChI=1S/2C8H17.C4H4O4.2C4H9.Sn/c2*1-4-5-6-7-8(2)3;5-3(6)1-2-4(7)8;2*1-3-4-2;/h2*8H,1,4-7H2,2-3H3;1-2H,(H,5,6)(H,7,8);2*1,3-4H2,2H3;/b;;2-1-;;;. The van der Waals surface area contributed by atoms with Crippen molar-refractivity contribution in [3.05, 3.63) is 12.2 Å². The van der Waals surface area contributed by atoms with Gasteiger partial charge in [0.25, 0.3) is 0 Å². The minimum absolute atomic E-state index is 0.558. The van der Waals surface area contributed by atoms with Crippen LogP contribution in [0.4, 0.5) is 0 Å². The molecule has 0 heterocycles. The molecule has 0 aliphatic rings. The minimum Gasteiger partial charge on any atom is -0.478 e. The summed E-state index contributed by atoms with van der Waals surface area (Å²) in [5.74, 6) is -0.719. The average Bonchev–Trinajstić information content (AvgIpc) is 2.74. The van der Waals surface area contributed by atoms with Crippen LogP contribution in [0, 0.1) is 11.8 Å². The van der Waals surface area contributed by atoms with E-state index in [1.165, 1.54) is 64.2 Å². The fraction of sp³-hybridized carbons (Fsp3) is 0.857. The summed E-state index contributed by atoms with van der Waals surface area (Å²) in [5.41, 5.74) is 0. The molecule has 0 aliphatic heterocycles. The average molecular weight is 575 g/mol. The first-order valence-electron chi connectivity index (χ1n) is 13.7. The minimum atomic E-state index is -1.85. The van der Waals surface area contributed by atoms with Gasteiger partial charge in [-0.1, -0.05) is 0 Å². The van der Waals surface area contributed by atoms with E-state index in [9.17, 15) is 9.59 Å². The molecule has 33 heavy (non-hydrogen) atoms. The zero-order valence-electron chi connectivity index (χ0n) is 22.8. The van der Waals surface area contributed by atoms with Crippen LogP contribution >= 0.6 is 0 Å². The van der Waals surface area contributed by atoms with Crippen LogP contribution in [0.15, 0.2) is 12.2 Å². The van der Waals surface area contributed by atoms with E-state index in [-0.39, 0.29) is 0 Å². The third-order valence-electron chi connectivity index (χ3n) is 6.47. The smallest absolute Gasteiger partial charge is 0.328 e. The van der Waals surface area contributed by atoms with Crippen LogP contribution in [0.1, 0.15) is 119 Å². The topological polar surface area (TPSA) is 74.6 Å². The molecule has 0 saturated heterocycles. The molecule has 0 aliphatic carbocycles. The van der Waals surface area contributed by atoms with Crippen molar-refractivity contribution in [3.8, 4) is 0 Å². The summed E-state index contributed by atoms with van der Waals surface area (Å²) in [6.45, 7) is 14.3. The number of carbonyl (C=O) groups is 2. The molecular formula is C28H56O4Sn. The van der Waals surface area contributed by atoms with E-state index in [2.05, 4.69) is 41.5 Å². The maximum absolute atomic E-state index is 9.55. The van der Waals surface area contributed by atoms with Gasteiger partial charge in [0.2, 0.25) is 0 Å². The van der Waals surface area contributed by atoms with Gasteiger partial charge < -0.3 is 10.2 Å². The van der Waals surface area contributed by atoms with Crippen molar-refractivity contribution < 1.29 is 19.8 Å². The quantitative estimate of drug-likeness (QED) is 0.0863. The van der Waals surface area contributed by atoms with Crippen molar-refractivity contribution in [3.63, 3.8) is 0 Å². The molecule has 0 aromatic carbocycles. The Hall–Kier alpha value is -0.521. The number of aliphatic carboxylic acids is 2. The Bertz CT molecular complexity index is 456. The van der Waals surface area contributed by atoms with Crippen molar-refractivity contribution >= 4 is 30.3 Å². The van der Waals surface area contributed by atoms with Crippen molar-refractivity contribution in [1.82, 2.24) is 0 Å². The maximum Gasteiger partial charge on any atom is 0.328 e. The third kappa shape index (κ3) is 25.9. The van der Waals surface area contributed by atoms with Gasteiger partial charge in [-0.15, -0.1) is 0 Å². The van der Waals surface area contributed by atoms with Crippen LogP contribution in [-0.4, -0.2) is 40.5 Å².